The van der Waals surface area contributed by atoms with Crippen molar-refractivity contribution < 1.29 is 20.8 Å². The Labute approximate surface area is 51.5 Å². The van der Waals surface area contributed by atoms with Gasteiger partial charge in [0.05, 0.1) is 0 Å². The molecule has 0 aliphatic rings. The number of hydrogen-bond donors (Lipinski definition) is 0. The SMILES string of the molecule is CC.[Cl][Zr][Cl]. The summed E-state index contributed by atoms with van der Waals surface area (Å²) in [7, 11) is 9.87. The third kappa shape index (κ3) is 30.6. The fourth-order valence-corrected chi connectivity index (χ4v) is 0. The number of rotatable bonds is 0. The van der Waals surface area contributed by atoms with Gasteiger partial charge in [-0.05, 0) is 0 Å². The molecule has 5 heavy (non-hydrogen) atoms. The van der Waals surface area contributed by atoms with Gasteiger partial charge in [-0.15, -0.1) is 0 Å². The fraction of sp³-hybridized carbons (Fsp3) is 1.00. The minimum absolute atomic E-state index is 0.826. The summed E-state index contributed by atoms with van der Waals surface area (Å²) in [6.07, 6.45) is 0. The quantitative estimate of drug-likeness (QED) is 0.553. The molecular weight excluding hydrogens is 186 g/mol. The van der Waals surface area contributed by atoms with Gasteiger partial charge >= 0.3 is 37.9 Å². The molecule has 0 aromatic heterocycles. The summed E-state index contributed by atoms with van der Waals surface area (Å²) in [5, 5.41) is 0. The van der Waals surface area contributed by atoms with Gasteiger partial charge in [0, 0.05) is 0 Å². The zero-order valence-electron chi connectivity index (χ0n) is 3.26. The van der Waals surface area contributed by atoms with Crippen molar-refractivity contribution in [3.05, 3.63) is 0 Å². The molecule has 0 bridgehead atoms. The average Bonchev–Trinajstić information content (AvgIpc) is 1.46. The topological polar surface area (TPSA) is 0 Å². The van der Waals surface area contributed by atoms with E-state index < -0.39 is 20.8 Å². The second-order valence-electron chi connectivity index (χ2n) is 0.0714. The van der Waals surface area contributed by atoms with E-state index in [1.807, 2.05) is 13.8 Å². The Morgan fingerprint density at radius 3 is 1.20 bits per heavy atom. The molecule has 0 spiro atoms. The van der Waals surface area contributed by atoms with Crippen molar-refractivity contribution in [2.75, 3.05) is 0 Å². The maximum atomic E-state index is 4.93. The minimum atomic E-state index is -0.826. The first-order chi connectivity index (χ1) is 2.41. The van der Waals surface area contributed by atoms with Crippen molar-refractivity contribution in [1.82, 2.24) is 0 Å². The molecule has 0 atom stereocenters. The molecule has 0 saturated carbocycles. The molecule has 32 valence electrons. The summed E-state index contributed by atoms with van der Waals surface area (Å²) in [6.45, 7) is 4.00. The predicted molar refractivity (Wildman–Crippen MR) is 23.1 cm³/mol. The van der Waals surface area contributed by atoms with Gasteiger partial charge in [0.1, 0.15) is 0 Å². The third-order valence-corrected chi connectivity index (χ3v) is 0. The van der Waals surface area contributed by atoms with Gasteiger partial charge in [0.15, 0.2) is 0 Å². The summed E-state index contributed by atoms with van der Waals surface area (Å²) in [5.41, 5.74) is 0. The van der Waals surface area contributed by atoms with E-state index in [1.54, 1.807) is 0 Å². The monoisotopic (exact) mass is 190 g/mol. The third-order valence-electron chi connectivity index (χ3n) is 0. The Morgan fingerprint density at radius 2 is 1.20 bits per heavy atom. The van der Waals surface area contributed by atoms with Gasteiger partial charge in [-0.2, -0.15) is 0 Å². The molecule has 0 radical (unpaired) electrons. The van der Waals surface area contributed by atoms with Crippen LogP contribution < -0.4 is 0 Å². The summed E-state index contributed by atoms with van der Waals surface area (Å²) < 4.78 is 0. The summed E-state index contributed by atoms with van der Waals surface area (Å²) in [5.74, 6) is 0. The van der Waals surface area contributed by atoms with Gasteiger partial charge in [0.25, 0.3) is 0 Å². The molecule has 0 amide bonds. The van der Waals surface area contributed by atoms with Crippen LogP contribution in [-0.2, 0) is 20.8 Å². The van der Waals surface area contributed by atoms with Crippen LogP contribution in [0.25, 0.3) is 0 Å². The van der Waals surface area contributed by atoms with E-state index in [9.17, 15) is 0 Å². The normalized spacial score (nSPS) is 4.00. The van der Waals surface area contributed by atoms with Gasteiger partial charge < -0.3 is 0 Å². The molecular formula is C2H6Cl2Zr. The van der Waals surface area contributed by atoms with Crippen molar-refractivity contribution in [1.29, 1.82) is 0 Å². The molecule has 0 aromatic carbocycles. The predicted octanol–water partition coefficient (Wildman–Crippen LogP) is 2.40. The molecule has 0 N–H and O–H groups in total. The van der Waals surface area contributed by atoms with Gasteiger partial charge in [-0.25, -0.2) is 0 Å². The van der Waals surface area contributed by atoms with E-state index in [4.69, 9.17) is 17.0 Å². The molecule has 0 aromatic rings. The zero-order valence-corrected chi connectivity index (χ0v) is 7.23. The molecule has 0 fully saturated rings. The Balaban J connectivity index is 0. The maximum absolute atomic E-state index is 4.93. The first-order valence-electron chi connectivity index (χ1n) is 1.38. The molecule has 3 heteroatoms. The molecule has 0 aliphatic carbocycles. The van der Waals surface area contributed by atoms with Crippen LogP contribution in [0, 0.1) is 0 Å². The van der Waals surface area contributed by atoms with E-state index in [0.29, 0.717) is 0 Å². The molecule has 0 unspecified atom stereocenters. The van der Waals surface area contributed by atoms with E-state index in [1.165, 1.54) is 0 Å². The second-order valence-corrected chi connectivity index (χ2v) is 3.80. The first kappa shape index (κ1) is 9.68. The standard InChI is InChI=1S/C2H6.2ClH.Zr/c1-2;;;/h1-2H3;2*1H;/q;;;+2/p-2. The van der Waals surface area contributed by atoms with Gasteiger partial charge in [0.2, 0.25) is 0 Å². The zero-order chi connectivity index (χ0) is 4.71. The van der Waals surface area contributed by atoms with Crippen LogP contribution in [-0.4, -0.2) is 0 Å². The molecule has 0 aliphatic heterocycles. The van der Waals surface area contributed by atoms with Crippen LogP contribution >= 0.6 is 17.0 Å². The van der Waals surface area contributed by atoms with Crippen LogP contribution in [0.1, 0.15) is 13.8 Å². The van der Waals surface area contributed by atoms with Crippen LogP contribution in [0.15, 0.2) is 0 Å². The van der Waals surface area contributed by atoms with Crippen molar-refractivity contribution in [3.8, 4) is 0 Å². The molecule has 0 rings (SSSR count). The summed E-state index contributed by atoms with van der Waals surface area (Å²) >= 11 is -0.826. The van der Waals surface area contributed by atoms with E-state index in [0.717, 1.165) is 0 Å². The Morgan fingerprint density at radius 1 is 1.20 bits per heavy atom. The van der Waals surface area contributed by atoms with Gasteiger partial charge in [-0.3, -0.25) is 0 Å². The second kappa shape index (κ2) is 17.9. The van der Waals surface area contributed by atoms with Crippen molar-refractivity contribution in [3.63, 3.8) is 0 Å². The molecule has 0 nitrogen and oxygen atoms in total. The van der Waals surface area contributed by atoms with Crippen LogP contribution in [0.2, 0.25) is 0 Å². The Hall–Kier alpha value is 1.46. The summed E-state index contributed by atoms with van der Waals surface area (Å²) in [6, 6.07) is 0. The van der Waals surface area contributed by atoms with Crippen LogP contribution in [0.5, 0.6) is 0 Å². The Kier molecular flexibility index (Phi) is 34.7. The van der Waals surface area contributed by atoms with Crippen molar-refractivity contribution in [2.24, 2.45) is 0 Å². The van der Waals surface area contributed by atoms with E-state index in [2.05, 4.69) is 0 Å². The van der Waals surface area contributed by atoms with Crippen molar-refractivity contribution >= 4 is 17.0 Å². The molecule has 0 saturated heterocycles. The first-order valence-corrected chi connectivity index (χ1v) is 7.71. The Bertz CT molecular complexity index is 7.61. The fourth-order valence-electron chi connectivity index (χ4n) is 0. The van der Waals surface area contributed by atoms with Crippen molar-refractivity contribution in [2.45, 2.75) is 13.8 Å². The van der Waals surface area contributed by atoms with E-state index >= 15 is 0 Å². The molecule has 0 heterocycles. The van der Waals surface area contributed by atoms with Crippen LogP contribution in [0.4, 0.5) is 0 Å². The van der Waals surface area contributed by atoms with E-state index in [-0.39, 0.29) is 0 Å². The number of hydrogen-bond acceptors (Lipinski definition) is 0. The average molecular weight is 192 g/mol. The van der Waals surface area contributed by atoms with Crippen LogP contribution in [0.3, 0.4) is 0 Å². The van der Waals surface area contributed by atoms with Gasteiger partial charge in [-0.1, -0.05) is 13.8 Å². The summed E-state index contributed by atoms with van der Waals surface area (Å²) in [4.78, 5) is 0. The number of halogens is 2.